The van der Waals surface area contributed by atoms with Gasteiger partial charge in [-0.15, -0.1) is 0 Å². The maximum atomic E-state index is 11.4. The third-order valence-corrected chi connectivity index (χ3v) is 3.44. The molecular formula is C17H22N2O2. The summed E-state index contributed by atoms with van der Waals surface area (Å²) in [5.74, 6) is -0.177. The maximum absolute atomic E-state index is 11.4. The van der Waals surface area contributed by atoms with Crippen LogP contribution < -0.4 is 5.73 Å². The van der Waals surface area contributed by atoms with Gasteiger partial charge in [-0.25, -0.2) is 0 Å². The van der Waals surface area contributed by atoms with E-state index in [2.05, 4.69) is 17.1 Å². The van der Waals surface area contributed by atoms with E-state index in [1.807, 2.05) is 32.0 Å². The second-order valence-electron chi connectivity index (χ2n) is 5.25. The highest BCUT2D eigenvalue weighted by atomic mass is 16.5. The zero-order chi connectivity index (χ0) is 15.2. The molecule has 0 amide bonds. The molecule has 0 spiro atoms. The molecule has 1 aromatic carbocycles. The fraction of sp³-hybridized carbons (Fsp3) is 0.412. The van der Waals surface area contributed by atoms with Gasteiger partial charge in [0, 0.05) is 23.5 Å². The third-order valence-electron chi connectivity index (χ3n) is 3.44. The molecule has 21 heavy (non-hydrogen) atoms. The van der Waals surface area contributed by atoms with Gasteiger partial charge >= 0.3 is 5.97 Å². The number of nitrogens with two attached hydrogens (primary N) is 1. The molecule has 1 heterocycles. The van der Waals surface area contributed by atoms with Crippen molar-refractivity contribution in [1.29, 1.82) is 0 Å². The zero-order valence-electron chi connectivity index (χ0n) is 12.6. The summed E-state index contributed by atoms with van der Waals surface area (Å²) in [6.07, 6.45) is 1.74. The lowest BCUT2D eigenvalue weighted by Crippen LogP contribution is -2.24. The lowest BCUT2D eigenvalue weighted by atomic mass is 9.98. The second kappa shape index (κ2) is 7.18. The first-order valence-electron chi connectivity index (χ1n) is 7.36. The van der Waals surface area contributed by atoms with E-state index >= 15 is 0 Å². The summed E-state index contributed by atoms with van der Waals surface area (Å²) in [6, 6.07) is 10.1. The van der Waals surface area contributed by atoms with E-state index in [1.54, 1.807) is 0 Å². The highest BCUT2D eigenvalue weighted by Gasteiger charge is 2.11. The Bertz CT molecular complexity index is 625. The minimum absolute atomic E-state index is 0.0559. The molecular weight excluding hydrogens is 264 g/mol. The van der Waals surface area contributed by atoms with Crippen LogP contribution in [0.4, 0.5) is 0 Å². The Morgan fingerprint density at radius 1 is 1.38 bits per heavy atom. The van der Waals surface area contributed by atoms with Crippen LogP contribution in [-0.2, 0) is 16.0 Å². The number of benzene rings is 1. The Morgan fingerprint density at radius 2 is 2.14 bits per heavy atom. The van der Waals surface area contributed by atoms with Crippen molar-refractivity contribution in [2.45, 2.75) is 39.2 Å². The molecule has 1 atom stereocenters. The van der Waals surface area contributed by atoms with Gasteiger partial charge in [-0.3, -0.25) is 9.78 Å². The summed E-state index contributed by atoms with van der Waals surface area (Å²) in [4.78, 5) is 15.9. The van der Waals surface area contributed by atoms with Gasteiger partial charge in [-0.1, -0.05) is 18.2 Å². The first kappa shape index (κ1) is 15.4. The van der Waals surface area contributed by atoms with Gasteiger partial charge in [0.1, 0.15) is 0 Å². The Kier molecular flexibility index (Phi) is 5.28. The Morgan fingerprint density at radius 3 is 2.90 bits per heavy atom. The SMILES string of the molecule is CCOC(=O)CCC(N)Cc1cc(C)nc2ccccc12. The average molecular weight is 286 g/mol. The number of para-hydroxylation sites is 1. The second-order valence-corrected chi connectivity index (χ2v) is 5.25. The lowest BCUT2D eigenvalue weighted by Gasteiger charge is -2.13. The highest BCUT2D eigenvalue weighted by molar-refractivity contribution is 5.82. The maximum Gasteiger partial charge on any atom is 0.305 e. The molecule has 2 aromatic rings. The Hall–Kier alpha value is -1.94. The number of carbonyl (C=O) groups is 1. The zero-order valence-corrected chi connectivity index (χ0v) is 12.6. The van der Waals surface area contributed by atoms with Gasteiger partial charge in [0.15, 0.2) is 0 Å². The van der Waals surface area contributed by atoms with Crippen LogP contribution in [-0.4, -0.2) is 23.6 Å². The molecule has 0 aliphatic carbocycles. The third kappa shape index (κ3) is 4.26. The van der Waals surface area contributed by atoms with Crippen LogP contribution in [0.25, 0.3) is 10.9 Å². The van der Waals surface area contributed by atoms with Crippen LogP contribution in [0.5, 0.6) is 0 Å². The van der Waals surface area contributed by atoms with Gasteiger partial charge in [0.25, 0.3) is 0 Å². The largest absolute Gasteiger partial charge is 0.466 e. The standard InChI is InChI=1S/C17H22N2O2/c1-3-21-17(20)9-8-14(18)11-13-10-12(2)19-16-7-5-4-6-15(13)16/h4-7,10,14H,3,8-9,11,18H2,1-2H3. The first-order valence-corrected chi connectivity index (χ1v) is 7.36. The van der Waals surface area contributed by atoms with Crippen LogP contribution >= 0.6 is 0 Å². The molecule has 4 heteroatoms. The van der Waals surface area contributed by atoms with Gasteiger partial charge < -0.3 is 10.5 Å². The number of hydrogen-bond acceptors (Lipinski definition) is 4. The van der Waals surface area contributed by atoms with E-state index in [0.29, 0.717) is 19.4 Å². The number of aryl methyl sites for hydroxylation is 1. The summed E-state index contributed by atoms with van der Waals surface area (Å²) >= 11 is 0. The molecule has 0 bridgehead atoms. The van der Waals surface area contributed by atoms with Crippen molar-refractivity contribution in [1.82, 2.24) is 4.98 Å². The fourth-order valence-corrected chi connectivity index (χ4v) is 2.48. The molecule has 112 valence electrons. The number of hydrogen-bond donors (Lipinski definition) is 1. The van der Waals surface area contributed by atoms with Crippen LogP contribution in [0.15, 0.2) is 30.3 Å². The minimum Gasteiger partial charge on any atom is -0.466 e. The number of ether oxygens (including phenoxy) is 1. The number of rotatable bonds is 6. The summed E-state index contributed by atoms with van der Waals surface area (Å²) in [5, 5.41) is 1.13. The van der Waals surface area contributed by atoms with Gasteiger partial charge in [0.2, 0.25) is 0 Å². The molecule has 0 saturated heterocycles. The predicted molar refractivity (Wildman–Crippen MR) is 84.0 cm³/mol. The highest BCUT2D eigenvalue weighted by Crippen LogP contribution is 2.20. The number of nitrogens with zero attached hydrogens (tertiary/aromatic N) is 1. The first-order chi connectivity index (χ1) is 10.1. The molecule has 0 fully saturated rings. The number of carbonyl (C=O) groups excluding carboxylic acids is 1. The molecule has 2 N–H and O–H groups in total. The molecule has 0 aliphatic heterocycles. The van der Waals surface area contributed by atoms with Crippen molar-refractivity contribution in [3.8, 4) is 0 Å². The molecule has 2 rings (SSSR count). The van der Waals surface area contributed by atoms with Crippen LogP contribution in [0, 0.1) is 6.92 Å². The number of pyridine rings is 1. The number of fused-ring (bicyclic) bond motifs is 1. The fourth-order valence-electron chi connectivity index (χ4n) is 2.48. The molecule has 1 unspecified atom stereocenters. The summed E-state index contributed by atoms with van der Waals surface area (Å²) in [6.45, 7) is 4.21. The van der Waals surface area contributed by atoms with Gasteiger partial charge in [-0.05, 0) is 44.4 Å². The summed E-state index contributed by atoms with van der Waals surface area (Å²) in [5.41, 5.74) is 9.33. The topological polar surface area (TPSA) is 65.2 Å². The van der Waals surface area contributed by atoms with E-state index in [4.69, 9.17) is 10.5 Å². The minimum atomic E-state index is -0.177. The molecule has 0 saturated carbocycles. The van der Waals surface area contributed by atoms with Crippen molar-refractivity contribution in [3.63, 3.8) is 0 Å². The van der Waals surface area contributed by atoms with Crippen LogP contribution in [0.3, 0.4) is 0 Å². The molecule has 0 radical (unpaired) electrons. The molecule has 1 aromatic heterocycles. The monoisotopic (exact) mass is 286 g/mol. The van der Waals surface area contributed by atoms with Crippen LogP contribution in [0.1, 0.15) is 31.0 Å². The number of aromatic nitrogens is 1. The van der Waals surface area contributed by atoms with Crippen molar-refractivity contribution >= 4 is 16.9 Å². The summed E-state index contributed by atoms with van der Waals surface area (Å²) in [7, 11) is 0. The van der Waals surface area contributed by atoms with E-state index in [-0.39, 0.29) is 12.0 Å². The quantitative estimate of drug-likeness (QED) is 0.829. The van der Waals surface area contributed by atoms with Gasteiger partial charge in [0.05, 0.1) is 12.1 Å². The molecule has 0 aliphatic rings. The number of esters is 1. The van der Waals surface area contributed by atoms with Crippen molar-refractivity contribution < 1.29 is 9.53 Å². The van der Waals surface area contributed by atoms with E-state index in [0.717, 1.165) is 23.0 Å². The predicted octanol–water partition coefficient (Wildman–Crippen LogP) is 2.76. The average Bonchev–Trinajstić information content (AvgIpc) is 2.45. The van der Waals surface area contributed by atoms with E-state index < -0.39 is 0 Å². The Balaban J connectivity index is 2.07. The Labute approximate surface area is 125 Å². The van der Waals surface area contributed by atoms with Crippen molar-refractivity contribution in [2.24, 2.45) is 5.73 Å². The normalized spacial score (nSPS) is 12.3. The smallest absolute Gasteiger partial charge is 0.305 e. The van der Waals surface area contributed by atoms with Crippen molar-refractivity contribution in [3.05, 3.63) is 41.6 Å². The van der Waals surface area contributed by atoms with E-state index in [1.165, 1.54) is 5.56 Å². The van der Waals surface area contributed by atoms with Crippen LogP contribution in [0.2, 0.25) is 0 Å². The molecule has 4 nitrogen and oxygen atoms in total. The van der Waals surface area contributed by atoms with Gasteiger partial charge in [-0.2, -0.15) is 0 Å². The summed E-state index contributed by atoms with van der Waals surface area (Å²) < 4.78 is 4.93. The van der Waals surface area contributed by atoms with Crippen molar-refractivity contribution in [2.75, 3.05) is 6.61 Å². The lowest BCUT2D eigenvalue weighted by molar-refractivity contribution is -0.143. The van der Waals surface area contributed by atoms with E-state index in [9.17, 15) is 4.79 Å².